The van der Waals surface area contributed by atoms with Crippen LogP contribution in [0.5, 0.6) is 0 Å². The van der Waals surface area contributed by atoms with Crippen LogP contribution >= 0.6 is 0 Å². The molecule has 1 amide bonds. The molecule has 2 N–H and O–H groups in total. The lowest BCUT2D eigenvalue weighted by Gasteiger charge is -2.14. The van der Waals surface area contributed by atoms with Crippen LogP contribution in [0.1, 0.15) is 21.5 Å². The molecule has 0 radical (unpaired) electrons. The summed E-state index contributed by atoms with van der Waals surface area (Å²) < 4.78 is 26.6. The molecule has 0 bridgehead atoms. The molecule has 0 saturated carbocycles. The van der Waals surface area contributed by atoms with Crippen molar-refractivity contribution in [3.8, 4) is 0 Å². The Bertz CT molecular complexity index is 889. The number of anilines is 2. The van der Waals surface area contributed by atoms with Crippen LogP contribution in [0.2, 0.25) is 0 Å². The predicted octanol–water partition coefficient (Wildman–Crippen LogP) is 2.53. The standard InChI is InChI=1S/C18H23N3O3S/c1-12-10-14(11-17(13(12)2)25(23,24)19-3)18(22)20-15-6-8-16(9-7-15)21(4)5/h6-11,19H,1-5H3,(H,20,22). The van der Waals surface area contributed by atoms with Gasteiger partial charge in [-0.15, -0.1) is 0 Å². The van der Waals surface area contributed by atoms with Crippen LogP contribution in [-0.2, 0) is 10.0 Å². The van der Waals surface area contributed by atoms with Gasteiger partial charge in [-0.25, -0.2) is 13.1 Å². The number of nitrogens with one attached hydrogen (secondary N) is 2. The third-order valence-corrected chi connectivity index (χ3v) is 5.62. The van der Waals surface area contributed by atoms with Gasteiger partial charge in [0.25, 0.3) is 5.91 Å². The highest BCUT2D eigenvalue weighted by molar-refractivity contribution is 7.89. The summed E-state index contributed by atoms with van der Waals surface area (Å²) in [6.45, 7) is 3.51. The number of sulfonamides is 1. The van der Waals surface area contributed by atoms with Crippen molar-refractivity contribution in [2.24, 2.45) is 0 Å². The first-order valence-corrected chi connectivity index (χ1v) is 9.27. The molecule has 0 atom stereocenters. The zero-order valence-corrected chi connectivity index (χ0v) is 15.9. The van der Waals surface area contributed by atoms with E-state index in [1.807, 2.05) is 31.1 Å². The summed E-state index contributed by atoms with van der Waals surface area (Å²) in [4.78, 5) is 14.6. The van der Waals surface area contributed by atoms with E-state index < -0.39 is 10.0 Å². The molecule has 2 aromatic rings. The molecule has 0 spiro atoms. The van der Waals surface area contributed by atoms with Gasteiger partial charge in [0.2, 0.25) is 10.0 Å². The van der Waals surface area contributed by atoms with E-state index in [4.69, 9.17) is 0 Å². The monoisotopic (exact) mass is 361 g/mol. The minimum atomic E-state index is -3.63. The number of rotatable bonds is 5. The van der Waals surface area contributed by atoms with Crippen molar-refractivity contribution < 1.29 is 13.2 Å². The zero-order chi connectivity index (χ0) is 18.8. The van der Waals surface area contributed by atoms with Crippen LogP contribution in [-0.4, -0.2) is 35.5 Å². The molecule has 2 aromatic carbocycles. The number of hydrogen-bond donors (Lipinski definition) is 2. The first kappa shape index (κ1) is 19.0. The molecule has 0 heterocycles. The second-order valence-corrected chi connectivity index (χ2v) is 7.87. The lowest BCUT2D eigenvalue weighted by molar-refractivity contribution is 0.102. The Labute approximate surface area is 148 Å². The van der Waals surface area contributed by atoms with Crippen molar-refractivity contribution in [2.45, 2.75) is 18.7 Å². The van der Waals surface area contributed by atoms with Crippen molar-refractivity contribution >= 4 is 27.3 Å². The third kappa shape index (κ3) is 4.18. The maximum absolute atomic E-state index is 12.5. The van der Waals surface area contributed by atoms with Crippen LogP contribution < -0.4 is 14.9 Å². The highest BCUT2D eigenvalue weighted by Gasteiger charge is 2.19. The van der Waals surface area contributed by atoms with Gasteiger partial charge in [0, 0.05) is 31.0 Å². The topological polar surface area (TPSA) is 78.5 Å². The van der Waals surface area contributed by atoms with Crippen molar-refractivity contribution in [3.05, 3.63) is 53.1 Å². The van der Waals surface area contributed by atoms with Gasteiger partial charge in [0.1, 0.15) is 0 Å². The second kappa shape index (κ2) is 7.25. The molecule has 6 nitrogen and oxygen atoms in total. The molecule has 7 heteroatoms. The van der Waals surface area contributed by atoms with Crippen LogP contribution in [0, 0.1) is 13.8 Å². The third-order valence-electron chi connectivity index (χ3n) is 4.08. The summed E-state index contributed by atoms with van der Waals surface area (Å²) >= 11 is 0. The van der Waals surface area contributed by atoms with E-state index in [1.54, 1.807) is 32.0 Å². The van der Waals surface area contributed by atoms with E-state index in [0.29, 0.717) is 16.8 Å². The number of benzene rings is 2. The van der Waals surface area contributed by atoms with Gasteiger partial charge in [-0.3, -0.25) is 4.79 Å². The quantitative estimate of drug-likeness (QED) is 0.858. The summed E-state index contributed by atoms with van der Waals surface area (Å²) in [5.74, 6) is -0.353. The maximum Gasteiger partial charge on any atom is 0.255 e. The van der Waals surface area contributed by atoms with Crippen molar-refractivity contribution in [1.82, 2.24) is 4.72 Å². The minimum Gasteiger partial charge on any atom is -0.378 e. The Morgan fingerprint density at radius 2 is 1.64 bits per heavy atom. The Morgan fingerprint density at radius 1 is 1.04 bits per heavy atom. The minimum absolute atomic E-state index is 0.114. The SMILES string of the molecule is CNS(=O)(=O)c1cc(C(=O)Nc2ccc(N(C)C)cc2)cc(C)c1C. The van der Waals surface area contributed by atoms with Crippen molar-refractivity contribution in [3.63, 3.8) is 0 Å². The summed E-state index contributed by atoms with van der Waals surface area (Å²) in [5.41, 5.74) is 3.33. The summed E-state index contributed by atoms with van der Waals surface area (Å²) in [5, 5.41) is 2.80. The highest BCUT2D eigenvalue weighted by atomic mass is 32.2. The number of carbonyl (C=O) groups is 1. The Hall–Kier alpha value is -2.38. The van der Waals surface area contributed by atoms with E-state index in [1.165, 1.54) is 13.1 Å². The maximum atomic E-state index is 12.5. The molecular formula is C18H23N3O3S. The zero-order valence-electron chi connectivity index (χ0n) is 15.0. The average Bonchev–Trinajstić information content (AvgIpc) is 2.57. The number of amides is 1. The first-order chi connectivity index (χ1) is 11.7. The van der Waals surface area contributed by atoms with Crippen LogP contribution in [0.15, 0.2) is 41.3 Å². The van der Waals surface area contributed by atoms with Gasteiger partial charge < -0.3 is 10.2 Å². The fourth-order valence-electron chi connectivity index (χ4n) is 2.39. The largest absolute Gasteiger partial charge is 0.378 e. The van der Waals surface area contributed by atoms with E-state index in [0.717, 1.165) is 11.3 Å². The molecule has 0 fully saturated rings. The normalized spacial score (nSPS) is 11.2. The van der Waals surface area contributed by atoms with Crippen LogP contribution in [0.25, 0.3) is 0 Å². The predicted molar refractivity (Wildman–Crippen MR) is 101 cm³/mol. The van der Waals surface area contributed by atoms with Crippen LogP contribution in [0.4, 0.5) is 11.4 Å². The molecule has 0 saturated heterocycles. The van der Waals surface area contributed by atoms with E-state index in [-0.39, 0.29) is 10.8 Å². The fraction of sp³-hybridized carbons (Fsp3) is 0.278. The second-order valence-electron chi connectivity index (χ2n) is 6.02. The molecule has 0 aromatic heterocycles. The van der Waals surface area contributed by atoms with E-state index >= 15 is 0 Å². The summed E-state index contributed by atoms with van der Waals surface area (Å²) in [6.07, 6.45) is 0. The lowest BCUT2D eigenvalue weighted by Crippen LogP contribution is -2.21. The molecule has 134 valence electrons. The molecule has 0 aliphatic rings. The van der Waals surface area contributed by atoms with Gasteiger partial charge in [-0.2, -0.15) is 0 Å². The van der Waals surface area contributed by atoms with Crippen molar-refractivity contribution in [2.75, 3.05) is 31.4 Å². The van der Waals surface area contributed by atoms with Gasteiger partial charge in [-0.1, -0.05) is 0 Å². The van der Waals surface area contributed by atoms with Crippen molar-refractivity contribution in [1.29, 1.82) is 0 Å². The number of nitrogens with zero attached hydrogens (tertiary/aromatic N) is 1. The number of hydrogen-bond acceptors (Lipinski definition) is 4. The molecule has 25 heavy (non-hydrogen) atoms. The molecule has 2 rings (SSSR count). The van der Waals surface area contributed by atoms with Gasteiger partial charge in [0.15, 0.2) is 0 Å². The van der Waals surface area contributed by atoms with Gasteiger partial charge >= 0.3 is 0 Å². The molecule has 0 unspecified atom stereocenters. The Morgan fingerprint density at radius 3 is 2.16 bits per heavy atom. The van der Waals surface area contributed by atoms with E-state index in [2.05, 4.69) is 10.0 Å². The summed E-state index contributed by atoms with van der Waals surface area (Å²) in [6, 6.07) is 10.5. The first-order valence-electron chi connectivity index (χ1n) is 7.79. The van der Waals surface area contributed by atoms with Gasteiger partial charge in [0.05, 0.1) is 4.90 Å². The molecule has 0 aliphatic heterocycles. The molecular weight excluding hydrogens is 338 g/mol. The Balaban J connectivity index is 2.33. The highest BCUT2D eigenvalue weighted by Crippen LogP contribution is 2.22. The Kier molecular flexibility index (Phi) is 5.49. The van der Waals surface area contributed by atoms with E-state index in [9.17, 15) is 13.2 Å². The summed E-state index contributed by atoms with van der Waals surface area (Å²) in [7, 11) is 1.59. The fourth-order valence-corrected chi connectivity index (χ4v) is 3.46. The average molecular weight is 361 g/mol. The molecule has 0 aliphatic carbocycles. The smallest absolute Gasteiger partial charge is 0.255 e. The van der Waals surface area contributed by atoms with Gasteiger partial charge in [-0.05, 0) is 68.4 Å². The number of aryl methyl sites for hydroxylation is 1. The number of carbonyl (C=O) groups excluding carboxylic acids is 1. The lowest BCUT2D eigenvalue weighted by atomic mass is 10.1. The van der Waals surface area contributed by atoms with Crippen LogP contribution in [0.3, 0.4) is 0 Å².